The Hall–Kier alpha value is -3.68. The lowest BCUT2D eigenvalue weighted by Gasteiger charge is -2.27. The van der Waals surface area contributed by atoms with E-state index in [-0.39, 0.29) is 5.69 Å². The van der Waals surface area contributed by atoms with Crippen molar-refractivity contribution in [3.63, 3.8) is 0 Å². The predicted octanol–water partition coefficient (Wildman–Crippen LogP) is 2.97. The van der Waals surface area contributed by atoms with Gasteiger partial charge in [0.15, 0.2) is 17.0 Å². The largest absolute Gasteiger partial charge is 0.497 e. The molecule has 1 aliphatic rings. The number of ether oxygens (including phenoxy) is 1. The average Bonchev–Trinajstić information content (AvgIpc) is 3.24. The van der Waals surface area contributed by atoms with Gasteiger partial charge in [-0.2, -0.15) is 4.98 Å². The summed E-state index contributed by atoms with van der Waals surface area (Å²) in [7, 11) is 1.63. The molecule has 0 radical (unpaired) electrons. The van der Waals surface area contributed by atoms with Crippen LogP contribution in [-0.4, -0.2) is 44.7 Å². The van der Waals surface area contributed by atoms with Gasteiger partial charge in [-0.1, -0.05) is 18.2 Å². The molecule has 0 saturated carbocycles. The fourth-order valence-electron chi connectivity index (χ4n) is 3.85. The second-order valence-corrected chi connectivity index (χ2v) is 7.30. The van der Waals surface area contributed by atoms with Gasteiger partial charge in [0.25, 0.3) is 0 Å². The smallest absolute Gasteiger partial charge is 0.355 e. The van der Waals surface area contributed by atoms with Crippen molar-refractivity contribution >= 4 is 17.0 Å². The van der Waals surface area contributed by atoms with Crippen molar-refractivity contribution in [1.82, 2.24) is 24.5 Å². The fourth-order valence-corrected chi connectivity index (χ4v) is 3.85. The summed E-state index contributed by atoms with van der Waals surface area (Å²) in [6, 6.07) is 16.9. The average molecular weight is 402 g/mol. The second-order valence-electron chi connectivity index (χ2n) is 7.30. The molecule has 8 heteroatoms. The van der Waals surface area contributed by atoms with Crippen molar-refractivity contribution in [2.24, 2.45) is 0 Å². The summed E-state index contributed by atoms with van der Waals surface area (Å²) in [5.74, 6) is 1.37. The van der Waals surface area contributed by atoms with Crippen LogP contribution in [0.5, 0.6) is 5.75 Å². The number of hydrogen-bond acceptors (Lipinski definition) is 6. The van der Waals surface area contributed by atoms with E-state index in [1.165, 1.54) is 11.0 Å². The molecule has 0 spiro atoms. The number of piperidine rings is 1. The van der Waals surface area contributed by atoms with Gasteiger partial charge in [0, 0.05) is 13.1 Å². The Balaban J connectivity index is 1.73. The van der Waals surface area contributed by atoms with Gasteiger partial charge in [-0.3, -0.25) is 0 Å². The lowest BCUT2D eigenvalue weighted by atomic mass is 10.1. The zero-order chi connectivity index (χ0) is 20.5. The third-order valence-electron chi connectivity index (χ3n) is 5.39. The first-order valence-corrected chi connectivity index (χ1v) is 10.1. The van der Waals surface area contributed by atoms with Crippen LogP contribution in [0, 0.1) is 0 Å². The molecule has 30 heavy (non-hydrogen) atoms. The molecule has 2 aromatic heterocycles. The summed E-state index contributed by atoms with van der Waals surface area (Å²) in [5.41, 5.74) is 2.26. The van der Waals surface area contributed by atoms with Gasteiger partial charge in [0.05, 0.1) is 18.5 Å². The molecule has 5 rings (SSSR count). The zero-order valence-corrected chi connectivity index (χ0v) is 16.7. The van der Waals surface area contributed by atoms with E-state index in [9.17, 15) is 4.79 Å². The minimum atomic E-state index is -0.351. The SMILES string of the molecule is COc1ccc(-n2nc3c(N4CCCCC4)nc(=O)n(-c4ccccc4)c3n2)cc1. The van der Waals surface area contributed by atoms with Crippen LogP contribution in [0.3, 0.4) is 0 Å². The Kier molecular flexibility index (Phi) is 4.66. The molecule has 0 unspecified atom stereocenters. The molecule has 0 amide bonds. The third-order valence-corrected chi connectivity index (χ3v) is 5.39. The Morgan fingerprint density at radius 2 is 1.60 bits per heavy atom. The van der Waals surface area contributed by atoms with Crippen molar-refractivity contribution in [3.8, 4) is 17.1 Å². The molecule has 1 saturated heterocycles. The highest BCUT2D eigenvalue weighted by Crippen LogP contribution is 2.26. The molecule has 8 nitrogen and oxygen atoms in total. The van der Waals surface area contributed by atoms with Gasteiger partial charge >= 0.3 is 5.69 Å². The monoisotopic (exact) mass is 402 g/mol. The number of para-hydroxylation sites is 1. The summed E-state index contributed by atoms with van der Waals surface area (Å²) in [6.45, 7) is 1.73. The van der Waals surface area contributed by atoms with Crippen LogP contribution in [0.25, 0.3) is 22.5 Å². The standard InChI is InChI=1S/C22H22N6O2/c1-30-18-12-10-17(11-13-18)28-24-19-20(26-14-6-3-7-15-26)23-22(29)27(21(19)25-28)16-8-4-2-5-9-16/h2,4-5,8-13H,3,6-7,14-15H2,1H3. The maximum Gasteiger partial charge on any atom is 0.355 e. The molecule has 0 aliphatic carbocycles. The Morgan fingerprint density at radius 3 is 2.30 bits per heavy atom. The number of methoxy groups -OCH3 is 1. The molecule has 152 valence electrons. The van der Waals surface area contributed by atoms with E-state index in [2.05, 4.69) is 9.88 Å². The van der Waals surface area contributed by atoms with Crippen LogP contribution in [-0.2, 0) is 0 Å². The molecule has 1 aliphatic heterocycles. The van der Waals surface area contributed by atoms with Crippen molar-refractivity contribution in [1.29, 1.82) is 0 Å². The Morgan fingerprint density at radius 1 is 0.867 bits per heavy atom. The first-order chi connectivity index (χ1) is 14.7. The van der Waals surface area contributed by atoms with Crippen LogP contribution in [0.15, 0.2) is 59.4 Å². The van der Waals surface area contributed by atoms with E-state index < -0.39 is 0 Å². The molecule has 0 N–H and O–H groups in total. The zero-order valence-electron chi connectivity index (χ0n) is 16.7. The van der Waals surface area contributed by atoms with Gasteiger partial charge in [-0.15, -0.1) is 15.0 Å². The number of rotatable bonds is 4. The minimum Gasteiger partial charge on any atom is -0.497 e. The second kappa shape index (κ2) is 7.62. The number of fused-ring (bicyclic) bond motifs is 1. The Labute approximate surface area is 173 Å². The van der Waals surface area contributed by atoms with E-state index in [1.54, 1.807) is 11.9 Å². The molecule has 0 bridgehead atoms. The topological polar surface area (TPSA) is 78.1 Å². The summed E-state index contributed by atoms with van der Waals surface area (Å²) in [5, 5.41) is 9.43. The maximum atomic E-state index is 13.1. The molecular weight excluding hydrogens is 380 g/mol. The van der Waals surface area contributed by atoms with E-state index in [1.807, 2.05) is 54.6 Å². The van der Waals surface area contributed by atoms with E-state index in [0.717, 1.165) is 37.4 Å². The van der Waals surface area contributed by atoms with Crippen LogP contribution >= 0.6 is 0 Å². The summed E-state index contributed by atoms with van der Waals surface area (Å²) >= 11 is 0. The number of aromatic nitrogens is 5. The first-order valence-electron chi connectivity index (χ1n) is 10.1. The lowest BCUT2D eigenvalue weighted by molar-refractivity contribution is 0.414. The summed E-state index contributed by atoms with van der Waals surface area (Å²) < 4.78 is 6.77. The van der Waals surface area contributed by atoms with Crippen LogP contribution in [0.1, 0.15) is 19.3 Å². The van der Waals surface area contributed by atoms with Crippen LogP contribution in [0.4, 0.5) is 5.82 Å². The molecule has 4 aromatic rings. The number of anilines is 1. The summed E-state index contributed by atoms with van der Waals surface area (Å²) in [6.07, 6.45) is 3.36. The van der Waals surface area contributed by atoms with Crippen LogP contribution < -0.4 is 15.3 Å². The van der Waals surface area contributed by atoms with E-state index >= 15 is 0 Å². The molecule has 2 aromatic carbocycles. The number of benzene rings is 2. The van der Waals surface area contributed by atoms with Gasteiger partial charge < -0.3 is 9.64 Å². The van der Waals surface area contributed by atoms with Gasteiger partial charge in [-0.25, -0.2) is 9.36 Å². The van der Waals surface area contributed by atoms with Crippen molar-refractivity contribution in [2.75, 3.05) is 25.1 Å². The minimum absolute atomic E-state index is 0.351. The van der Waals surface area contributed by atoms with Gasteiger partial charge in [0.1, 0.15) is 5.75 Å². The third kappa shape index (κ3) is 3.20. The fraction of sp³-hybridized carbons (Fsp3) is 0.273. The van der Waals surface area contributed by atoms with Gasteiger partial charge in [-0.05, 0) is 55.7 Å². The van der Waals surface area contributed by atoms with Crippen LogP contribution in [0.2, 0.25) is 0 Å². The quantitative estimate of drug-likeness (QED) is 0.522. The van der Waals surface area contributed by atoms with E-state index in [4.69, 9.17) is 14.9 Å². The molecule has 3 heterocycles. The van der Waals surface area contributed by atoms with Crippen molar-refractivity contribution in [2.45, 2.75) is 19.3 Å². The highest BCUT2D eigenvalue weighted by molar-refractivity contribution is 5.84. The first kappa shape index (κ1) is 18.4. The molecule has 1 fully saturated rings. The van der Waals surface area contributed by atoms with Crippen molar-refractivity contribution in [3.05, 3.63) is 65.1 Å². The Bertz CT molecular complexity index is 1220. The van der Waals surface area contributed by atoms with E-state index in [0.29, 0.717) is 22.7 Å². The number of hydrogen-bond donors (Lipinski definition) is 0. The van der Waals surface area contributed by atoms with Gasteiger partial charge in [0.2, 0.25) is 0 Å². The summed E-state index contributed by atoms with van der Waals surface area (Å²) in [4.78, 5) is 21.2. The normalized spacial score (nSPS) is 14.2. The lowest BCUT2D eigenvalue weighted by Crippen LogP contribution is -2.33. The predicted molar refractivity (Wildman–Crippen MR) is 115 cm³/mol. The highest BCUT2D eigenvalue weighted by Gasteiger charge is 2.23. The molecule has 0 atom stereocenters. The highest BCUT2D eigenvalue weighted by atomic mass is 16.5. The van der Waals surface area contributed by atoms with Crippen molar-refractivity contribution < 1.29 is 4.74 Å². The maximum absolute atomic E-state index is 13.1. The number of nitrogens with zero attached hydrogens (tertiary/aromatic N) is 6. The molecular formula is C22H22N6O2.